The van der Waals surface area contributed by atoms with Crippen molar-refractivity contribution in [1.82, 2.24) is 0 Å². The summed E-state index contributed by atoms with van der Waals surface area (Å²) in [6.45, 7) is 0. The van der Waals surface area contributed by atoms with Gasteiger partial charge in [-0.3, -0.25) is 4.79 Å². The van der Waals surface area contributed by atoms with E-state index in [-0.39, 0.29) is 0 Å². The molecule has 5 heteroatoms. The van der Waals surface area contributed by atoms with E-state index in [1.165, 1.54) is 0 Å². The van der Waals surface area contributed by atoms with Crippen molar-refractivity contribution in [2.24, 2.45) is 5.73 Å². The van der Waals surface area contributed by atoms with Crippen LogP contribution in [0.5, 0.6) is 0 Å². The predicted molar refractivity (Wildman–Crippen MR) is 83.4 cm³/mol. The van der Waals surface area contributed by atoms with Gasteiger partial charge in [-0.05, 0) is 42.5 Å². The van der Waals surface area contributed by atoms with Gasteiger partial charge in [-0.2, -0.15) is 0 Å². The van der Waals surface area contributed by atoms with Crippen molar-refractivity contribution in [2.45, 2.75) is 0 Å². The quantitative estimate of drug-likeness (QED) is 0.743. The Morgan fingerprint density at radius 2 is 1.75 bits per heavy atom. The summed E-state index contributed by atoms with van der Waals surface area (Å²) >= 11 is 0. The molecule has 104 valence electrons. The molecule has 20 heavy (non-hydrogen) atoms. The summed E-state index contributed by atoms with van der Waals surface area (Å²) in [6, 6.07) is 12.8. The number of anilines is 4. The Kier molecular flexibility index (Phi) is 3.79. The molecule has 0 atom stereocenters. The fourth-order valence-electron chi connectivity index (χ4n) is 1.88. The van der Waals surface area contributed by atoms with Crippen molar-refractivity contribution in [3.63, 3.8) is 0 Å². The summed E-state index contributed by atoms with van der Waals surface area (Å²) in [5.41, 5.74) is 14.7. The third kappa shape index (κ3) is 3.00. The summed E-state index contributed by atoms with van der Waals surface area (Å²) in [5, 5.41) is 3.16. The molecule has 0 aliphatic rings. The zero-order chi connectivity index (χ0) is 14.7. The Labute approximate surface area is 118 Å². The Balaban J connectivity index is 2.29. The summed E-state index contributed by atoms with van der Waals surface area (Å²) in [4.78, 5) is 13.4. The van der Waals surface area contributed by atoms with Crippen LogP contribution in [0.25, 0.3) is 0 Å². The number of carbonyl (C=O) groups excluding carboxylic acids is 1. The Morgan fingerprint density at radius 3 is 2.30 bits per heavy atom. The molecule has 0 spiro atoms. The second-order valence-corrected chi connectivity index (χ2v) is 4.74. The van der Waals surface area contributed by atoms with Gasteiger partial charge in [0.15, 0.2) is 0 Å². The average molecular weight is 270 g/mol. The van der Waals surface area contributed by atoms with Gasteiger partial charge in [0, 0.05) is 31.2 Å². The van der Waals surface area contributed by atoms with Gasteiger partial charge in [-0.25, -0.2) is 0 Å². The smallest absolute Gasteiger partial charge is 0.250 e. The highest BCUT2D eigenvalue weighted by molar-refractivity contribution is 5.99. The fourth-order valence-corrected chi connectivity index (χ4v) is 1.88. The van der Waals surface area contributed by atoms with Crippen LogP contribution in [0.15, 0.2) is 42.5 Å². The van der Waals surface area contributed by atoms with Crippen LogP contribution in [0, 0.1) is 0 Å². The third-order valence-corrected chi connectivity index (χ3v) is 2.97. The van der Waals surface area contributed by atoms with Crippen molar-refractivity contribution < 1.29 is 4.79 Å². The molecule has 0 unspecified atom stereocenters. The standard InChI is InChI=1S/C15H18N4O/c1-19(2)12-6-4-11(5-7-12)18-14-9-10(16)3-8-13(14)15(17)20/h3-9,18H,16H2,1-2H3,(H2,17,20). The topological polar surface area (TPSA) is 84.4 Å². The monoisotopic (exact) mass is 270 g/mol. The fraction of sp³-hybridized carbons (Fsp3) is 0.133. The summed E-state index contributed by atoms with van der Waals surface area (Å²) in [5.74, 6) is -0.489. The second-order valence-electron chi connectivity index (χ2n) is 4.74. The maximum Gasteiger partial charge on any atom is 0.250 e. The van der Waals surface area contributed by atoms with Crippen LogP contribution in [0.4, 0.5) is 22.7 Å². The number of nitrogens with zero attached hydrogens (tertiary/aromatic N) is 1. The molecule has 0 aromatic heterocycles. The first-order chi connectivity index (χ1) is 9.47. The van der Waals surface area contributed by atoms with E-state index in [4.69, 9.17) is 11.5 Å². The molecular formula is C15H18N4O. The van der Waals surface area contributed by atoms with E-state index < -0.39 is 5.91 Å². The molecule has 0 aliphatic carbocycles. The van der Waals surface area contributed by atoms with Crippen LogP contribution in [-0.4, -0.2) is 20.0 Å². The maximum absolute atomic E-state index is 11.4. The Bertz CT molecular complexity index is 620. The molecule has 5 nitrogen and oxygen atoms in total. The van der Waals surface area contributed by atoms with E-state index in [2.05, 4.69) is 5.32 Å². The van der Waals surface area contributed by atoms with Crippen LogP contribution < -0.4 is 21.7 Å². The number of nitrogens with two attached hydrogens (primary N) is 2. The zero-order valence-electron chi connectivity index (χ0n) is 11.6. The first-order valence-corrected chi connectivity index (χ1v) is 6.21. The first-order valence-electron chi connectivity index (χ1n) is 6.21. The molecule has 2 aromatic carbocycles. The van der Waals surface area contributed by atoms with Gasteiger partial charge in [0.1, 0.15) is 0 Å². The number of nitrogens with one attached hydrogen (secondary N) is 1. The lowest BCUT2D eigenvalue weighted by Crippen LogP contribution is -2.13. The van der Waals surface area contributed by atoms with E-state index in [0.29, 0.717) is 16.9 Å². The lowest BCUT2D eigenvalue weighted by Gasteiger charge is -2.14. The van der Waals surface area contributed by atoms with Gasteiger partial charge in [0.05, 0.1) is 11.3 Å². The largest absolute Gasteiger partial charge is 0.399 e. The molecule has 0 saturated heterocycles. The maximum atomic E-state index is 11.4. The summed E-state index contributed by atoms with van der Waals surface area (Å²) in [6.07, 6.45) is 0. The highest BCUT2D eigenvalue weighted by atomic mass is 16.1. The molecule has 0 aliphatic heterocycles. The normalized spacial score (nSPS) is 10.1. The minimum absolute atomic E-state index is 0.413. The molecule has 2 aromatic rings. The molecule has 5 N–H and O–H groups in total. The molecule has 0 bridgehead atoms. The number of amides is 1. The van der Waals surface area contributed by atoms with E-state index in [9.17, 15) is 4.79 Å². The van der Waals surface area contributed by atoms with Crippen LogP contribution >= 0.6 is 0 Å². The van der Waals surface area contributed by atoms with Crippen molar-refractivity contribution in [1.29, 1.82) is 0 Å². The molecular weight excluding hydrogens is 252 g/mol. The van der Waals surface area contributed by atoms with Crippen LogP contribution in [0.2, 0.25) is 0 Å². The minimum atomic E-state index is -0.489. The van der Waals surface area contributed by atoms with Gasteiger partial charge in [-0.15, -0.1) is 0 Å². The van der Waals surface area contributed by atoms with Crippen molar-refractivity contribution in [2.75, 3.05) is 30.0 Å². The molecule has 0 fully saturated rings. The highest BCUT2D eigenvalue weighted by Gasteiger charge is 2.08. The number of rotatable bonds is 4. The van der Waals surface area contributed by atoms with Crippen LogP contribution in [0.3, 0.4) is 0 Å². The Morgan fingerprint density at radius 1 is 1.10 bits per heavy atom. The van der Waals surface area contributed by atoms with Crippen molar-refractivity contribution >= 4 is 28.7 Å². The zero-order valence-corrected chi connectivity index (χ0v) is 11.6. The van der Waals surface area contributed by atoms with Crippen molar-refractivity contribution in [3.8, 4) is 0 Å². The third-order valence-electron chi connectivity index (χ3n) is 2.97. The van der Waals surface area contributed by atoms with Gasteiger partial charge in [-0.1, -0.05) is 0 Å². The lowest BCUT2D eigenvalue weighted by atomic mass is 10.1. The van der Waals surface area contributed by atoms with E-state index >= 15 is 0 Å². The van der Waals surface area contributed by atoms with Gasteiger partial charge >= 0.3 is 0 Å². The van der Waals surface area contributed by atoms with Gasteiger partial charge < -0.3 is 21.7 Å². The molecule has 1 amide bonds. The van der Waals surface area contributed by atoms with Crippen molar-refractivity contribution in [3.05, 3.63) is 48.0 Å². The Hall–Kier alpha value is -2.69. The number of hydrogen-bond donors (Lipinski definition) is 3. The predicted octanol–water partition coefficient (Wildman–Crippen LogP) is 2.18. The van der Waals surface area contributed by atoms with E-state index in [0.717, 1.165) is 11.4 Å². The number of hydrogen-bond acceptors (Lipinski definition) is 4. The first kappa shape index (κ1) is 13.7. The molecule has 0 heterocycles. The van der Waals surface area contributed by atoms with Gasteiger partial charge in [0.25, 0.3) is 5.91 Å². The number of benzene rings is 2. The summed E-state index contributed by atoms with van der Waals surface area (Å²) < 4.78 is 0. The van der Waals surface area contributed by atoms with E-state index in [1.807, 2.05) is 43.3 Å². The lowest BCUT2D eigenvalue weighted by molar-refractivity contribution is 0.100. The van der Waals surface area contributed by atoms with Gasteiger partial charge in [0.2, 0.25) is 0 Å². The van der Waals surface area contributed by atoms with E-state index in [1.54, 1.807) is 18.2 Å². The number of carbonyl (C=O) groups is 1. The average Bonchev–Trinajstić information content (AvgIpc) is 2.39. The number of nitrogen functional groups attached to an aromatic ring is 1. The number of primary amides is 1. The SMILES string of the molecule is CN(C)c1ccc(Nc2cc(N)ccc2C(N)=O)cc1. The summed E-state index contributed by atoms with van der Waals surface area (Å²) in [7, 11) is 3.96. The highest BCUT2D eigenvalue weighted by Crippen LogP contribution is 2.24. The molecule has 0 radical (unpaired) electrons. The molecule has 0 saturated carbocycles. The van der Waals surface area contributed by atoms with Crippen LogP contribution in [-0.2, 0) is 0 Å². The molecule has 2 rings (SSSR count). The van der Waals surface area contributed by atoms with Crippen LogP contribution in [0.1, 0.15) is 10.4 Å². The minimum Gasteiger partial charge on any atom is -0.399 e. The second kappa shape index (κ2) is 5.52.